The Labute approximate surface area is 158 Å². The van der Waals surface area contributed by atoms with Crippen LogP contribution in [0.3, 0.4) is 0 Å². The number of carbonyl (C=O) groups excluding carboxylic acids is 4. The van der Waals surface area contributed by atoms with E-state index in [9.17, 15) is 19.2 Å². The van der Waals surface area contributed by atoms with Crippen molar-refractivity contribution in [2.24, 2.45) is 0 Å². The van der Waals surface area contributed by atoms with Crippen molar-refractivity contribution in [2.45, 2.75) is 38.9 Å². The van der Waals surface area contributed by atoms with E-state index in [0.717, 1.165) is 16.2 Å². The molecule has 0 aliphatic carbocycles. The predicted molar refractivity (Wildman–Crippen MR) is 95.9 cm³/mol. The number of hydrogen-bond acceptors (Lipinski definition) is 4. The molecule has 0 N–H and O–H groups in total. The normalized spacial score (nSPS) is 26.9. The van der Waals surface area contributed by atoms with Crippen LogP contribution >= 0.6 is 15.9 Å². The molecule has 1 saturated heterocycles. The molecular weight excluding hydrogens is 402 g/mol. The number of amides is 4. The van der Waals surface area contributed by atoms with Gasteiger partial charge in [0, 0.05) is 24.0 Å². The Balaban J connectivity index is 1.94. The van der Waals surface area contributed by atoms with Crippen LogP contribution in [0.4, 0.5) is 5.69 Å². The predicted octanol–water partition coefficient (Wildman–Crippen LogP) is 1.69. The zero-order valence-corrected chi connectivity index (χ0v) is 16.0. The molecular formula is C18H16BrN3O4. The summed E-state index contributed by atoms with van der Waals surface area (Å²) in [6.45, 7) is 4.23. The minimum absolute atomic E-state index is 0.138. The highest BCUT2D eigenvalue weighted by atomic mass is 79.9. The number of halogens is 1. The van der Waals surface area contributed by atoms with E-state index in [2.05, 4.69) is 15.9 Å². The van der Waals surface area contributed by atoms with E-state index in [1.807, 2.05) is 24.3 Å². The van der Waals surface area contributed by atoms with Crippen LogP contribution in [0.25, 0.3) is 0 Å². The lowest BCUT2D eigenvalue weighted by Crippen LogP contribution is -2.62. The van der Waals surface area contributed by atoms with Crippen LogP contribution in [0.1, 0.15) is 32.3 Å². The quantitative estimate of drug-likeness (QED) is 0.643. The summed E-state index contributed by atoms with van der Waals surface area (Å²) < 4.78 is 0.523. The van der Waals surface area contributed by atoms with Gasteiger partial charge in [0.1, 0.15) is 17.9 Å². The van der Waals surface area contributed by atoms with Gasteiger partial charge in [-0.1, -0.05) is 34.1 Å². The Morgan fingerprint density at radius 3 is 2.27 bits per heavy atom. The van der Waals surface area contributed by atoms with Crippen molar-refractivity contribution >= 4 is 45.2 Å². The Morgan fingerprint density at radius 2 is 1.65 bits per heavy atom. The van der Waals surface area contributed by atoms with Gasteiger partial charge in [0.2, 0.25) is 11.8 Å². The van der Waals surface area contributed by atoms with Crippen LogP contribution < -0.4 is 4.90 Å². The number of piperazine rings is 1. The molecule has 1 fully saturated rings. The van der Waals surface area contributed by atoms with Gasteiger partial charge in [-0.15, -0.1) is 0 Å². The van der Waals surface area contributed by atoms with Crippen molar-refractivity contribution in [3.05, 3.63) is 40.0 Å². The molecule has 8 heteroatoms. The number of anilines is 1. The first-order valence-electron chi connectivity index (χ1n) is 8.23. The van der Waals surface area contributed by atoms with Crippen LogP contribution in [0.5, 0.6) is 0 Å². The zero-order chi connectivity index (χ0) is 18.9. The molecule has 0 saturated carbocycles. The third-order valence-corrected chi connectivity index (χ3v) is 6.05. The van der Waals surface area contributed by atoms with E-state index in [1.54, 1.807) is 4.90 Å². The van der Waals surface area contributed by atoms with Gasteiger partial charge in [-0.25, -0.2) is 0 Å². The number of imide groups is 1. The number of rotatable bonds is 0. The summed E-state index contributed by atoms with van der Waals surface area (Å²) in [6, 6.07) is 6.49. The lowest BCUT2D eigenvalue weighted by molar-refractivity contribution is -0.158. The molecule has 134 valence electrons. The van der Waals surface area contributed by atoms with Crippen molar-refractivity contribution in [1.82, 2.24) is 9.80 Å². The third kappa shape index (κ3) is 1.93. The topological polar surface area (TPSA) is 78.0 Å². The molecule has 4 amide bonds. The highest BCUT2D eigenvalue weighted by Crippen LogP contribution is 2.55. The first-order chi connectivity index (χ1) is 12.3. The summed E-state index contributed by atoms with van der Waals surface area (Å²) in [5, 5.41) is 0. The fraction of sp³-hybridized carbons (Fsp3) is 0.333. The van der Waals surface area contributed by atoms with Gasteiger partial charge in [0.15, 0.2) is 0 Å². The summed E-state index contributed by atoms with van der Waals surface area (Å²) in [6.07, 6.45) is -0.637. The maximum atomic E-state index is 13.1. The maximum Gasteiger partial charge on any atom is 0.278 e. The molecule has 0 bridgehead atoms. The smallest absolute Gasteiger partial charge is 0.278 e. The Bertz CT molecular complexity index is 925. The minimum Gasteiger partial charge on any atom is -0.290 e. The standard InChI is InChI=1S/C18H16BrN3O4/c1-8-17(25)22-15(18(26)20(8)9(2)23)14(19)13-11-6-4-5-7-12(11)21(10(3)24)16(13)22/h4-8,13,16H,1-3H3/t8-,13-,16+/m0/s1. The van der Waals surface area contributed by atoms with Crippen LogP contribution in [0.15, 0.2) is 34.4 Å². The highest BCUT2D eigenvalue weighted by Gasteiger charge is 2.58. The van der Waals surface area contributed by atoms with E-state index in [-0.39, 0.29) is 23.4 Å². The molecule has 7 nitrogen and oxygen atoms in total. The second-order valence-electron chi connectivity index (χ2n) is 6.61. The van der Waals surface area contributed by atoms with E-state index in [4.69, 9.17) is 0 Å². The molecule has 0 unspecified atom stereocenters. The monoisotopic (exact) mass is 417 g/mol. The molecule has 26 heavy (non-hydrogen) atoms. The molecule has 0 radical (unpaired) electrons. The fourth-order valence-electron chi connectivity index (χ4n) is 4.17. The van der Waals surface area contributed by atoms with Gasteiger partial charge < -0.3 is 0 Å². The highest BCUT2D eigenvalue weighted by molar-refractivity contribution is 9.11. The number of benzene rings is 1. The van der Waals surface area contributed by atoms with Gasteiger partial charge in [-0.05, 0) is 18.6 Å². The fourth-order valence-corrected chi connectivity index (χ4v) is 5.01. The Hall–Kier alpha value is -2.48. The maximum absolute atomic E-state index is 13.1. The van der Waals surface area contributed by atoms with E-state index < -0.39 is 24.0 Å². The van der Waals surface area contributed by atoms with Crippen molar-refractivity contribution in [3.63, 3.8) is 0 Å². The van der Waals surface area contributed by atoms with Gasteiger partial charge in [0.25, 0.3) is 11.8 Å². The minimum atomic E-state index is -0.916. The average molecular weight is 418 g/mol. The molecule has 3 heterocycles. The second kappa shape index (κ2) is 5.51. The number of nitrogens with zero attached hydrogens (tertiary/aromatic N) is 3. The molecule has 3 aliphatic heterocycles. The number of hydrogen-bond donors (Lipinski definition) is 0. The summed E-state index contributed by atoms with van der Waals surface area (Å²) in [5.41, 5.74) is 1.73. The number of para-hydroxylation sites is 1. The second-order valence-corrected chi connectivity index (χ2v) is 7.47. The van der Waals surface area contributed by atoms with E-state index >= 15 is 0 Å². The summed E-state index contributed by atoms with van der Waals surface area (Å²) in [4.78, 5) is 54.2. The summed E-state index contributed by atoms with van der Waals surface area (Å²) >= 11 is 3.49. The van der Waals surface area contributed by atoms with Crippen LogP contribution in [0.2, 0.25) is 0 Å². The molecule has 1 aromatic carbocycles. The van der Waals surface area contributed by atoms with Crippen molar-refractivity contribution in [2.75, 3.05) is 4.90 Å². The van der Waals surface area contributed by atoms with Crippen molar-refractivity contribution in [1.29, 1.82) is 0 Å². The first-order valence-corrected chi connectivity index (χ1v) is 9.02. The van der Waals surface area contributed by atoms with E-state index in [1.165, 1.54) is 25.7 Å². The first kappa shape index (κ1) is 17.0. The van der Waals surface area contributed by atoms with Gasteiger partial charge in [-0.3, -0.25) is 33.9 Å². The third-order valence-electron chi connectivity index (χ3n) is 5.18. The zero-order valence-electron chi connectivity index (χ0n) is 14.4. The van der Waals surface area contributed by atoms with Crippen molar-refractivity contribution in [3.8, 4) is 0 Å². The molecule has 1 aromatic rings. The Morgan fingerprint density at radius 1 is 1.04 bits per heavy atom. The average Bonchev–Trinajstić information content (AvgIpc) is 3.06. The molecule has 4 rings (SSSR count). The molecule has 3 aliphatic rings. The summed E-state index contributed by atoms with van der Waals surface area (Å²) in [7, 11) is 0. The molecule has 3 atom stereocenters. The number of fused-ring (bicyclic) bond motifs is 5. The molecule has 0 spiro atoms. The van der Waals surface area contributed by atoms with Gasteiger partial charge in [0.05, 0.1) is 5.92 Å². The van der Waals surface area contributed by atoms with Crippen LogP contribution in [-0.4, -0.2) is 45.6 Å². The van der Waals surface area contributed by atoms with Crippen molar-refractivity contribution < 1.29 is 19.2 Å². The van der Waals surface area contributed by atoms with Gasteiger partial charge >= 0.3 is 0 Å². The number of carbonyl (C=O) groups is 4. The van der Waals surface area contributed by atoms with E-state index in [0.29, 0.717) is 4.48 Å². The van der Waals surface area contributed by atoms with Crippen LogP contribution in [-0.2, 0) is 19.2 Å². The largest absolute Gasteiger partial charge is 0.290 e. The lowest BCUT2D eigenvalue weighted by atomic mass is 10.0. The Kier molecular flexibility index (Phi) is 3.59. The SMILES string of the molecule is CC(=O)N1C(=O)C2=C(Br)[C@@H]3c4ccccc4N(C(C)=O)[C@@H]3N2C(=O)[C@@H]1C. The van der Waals surface area contributed by atoms with Crippen LogP contribution in [0, 0.1) is 0 Å². The lowest BCUT2D eigenvalue weighted by Gasteiger charge is -2.41. The summed E-state index contributed by atoms with van der Waals surface area (Å²) in [5.74, 6) is -1.94. The molecule has 0 aromatic heterocycles. The van der Waals surface area contributed by atoms with Gasteiger partial charge in [-0.2, -0.15) is 0 Å².